The van der Waals surface area contributed by atoms with Gasteiger partial charge < -0.3 is 14.8 Å². The second kappa shape index (κ2) is 10.1. The van der Waals surface area contributed by atoms with Crippen molar-refractivity contribution in [2.45, 2.75) is 4.90 Å². The van der Waals surface area contributed by atoms with Gasteiger partial charge in [-0.3, -0.25) is 4.79 Å². The van der Waals surface area contributed by atoms with Crippen molar-refractivity contribution in [3.8, 4) is 17.6 Å². The van der Waals surface area contributed by atoms with Crippen molar-refractivity contribution in [1.29, 1.82) is 5.26 Å². The monoisotopic (exact) mass is 483 g/mol. The lowest BCUT2D eigenvalue weighted by Crippen LogP contribution is -2.14. The molecule has 0 fully saturated rings. The van der Waals surface area contributed by atoms with Gasteiger partial charge in [-0.05, 0) is 59.5 Å². The van der Waals surface area contributed by atoms with Crippen molar-refractivity contribution in [2.75, 3.05) is 12.4 Å². The van der Waals surface area contributed by atoms with Crippen molar-refractivity contribution >= 4 is 45.0 Å². The third-order valence-corrected chi connectivity index (χ3v) is 6.01. The van der Waals surface area contributed by atoms with Crippen LogP contribution < -0.4 is 19.9 Å². The van der Waals surface area contributed by atoms with E-state index in [4.69, 9.17) is 14.6 Å². The predicted octanol–water partition coefficient (Wildman–Crippen LogP) is 3.17. The molecule has 2 aromatic carbocycles. The fourth-order valence-corrected chi connectivity index (χ4v) is 3.76. The first-order valence-electron chi connectivity index (χ1n) is 9.21. The second-order valence-electron chi connectivity index (χ2n) is 6.47. The molecule has 11 heteroatoms. The third-order valence-electron chi connectivity index (χ3n) is 4.23. The number of thiophene rings is 1. The predicted molar refractivity (Wildman–Crippen MR) is 122 cm³/mol. The highest BCUT2D eigenvalue weighted by molar-refractivity contribution is 7.89. The average Bonchev–Trinajstić information content (AvgIpc) is 3.33. The van der Waals surface area contributed by atoms with E-state index in [0.29, 0.717) is 10.4 Å². The zero-order valence-corrected chi connectivity index (χ0v) is 18.8. The summed E-state index contributed by atoms with van der Waals surface area (Å²) in [6.45, 7) is 0. The average molecular weight is 484 g/mol. The highest BCUT2D eigenvalue weighted by Crippen LogP contribution is 2.30. The summed E-state index contributed by atoms with van der Waals surface area (Å²) in [5, 5.41) is 18.7. The van der Waals surface area contributed by atoms with Crippen LogP contribution in [0.4, 0.5) is 5.69 Å². The van der Waals surface area contributed by atoms with Gasteiger partial charge in [0.2, 0.25) is 10.0 Å². The molecule has 0 saturated carbocycles. The molecule has 0 bridgehead atoms. The number of esters is 1. The second-order valence-corrected chi connectivity index (χ2v) is 8.98. The fourth-order valence-electron chi connectivity index (χ4n) is 2.64. The van der Waals surface area contributed by atoms with Crippen molar-refractivity contribution in [2.24, 2.45) is 5.14 Å². The van der Waals surface area contributed by atoms with Gasteiger partial charge in [-0.25, -0.2) is 18.4 Å². The third kappa shape index (κ3) is 6.05. The minimum atomic E-state index is -3.86. The zero-order chi connectivity index (χ0) is 24.0. The fraction of sp³-hybridized carbons (Fsp3) is 0.0455. The Morgan fingerprint density at radius 2 is 1.85 bits per heavy atom. The molecule has 0 aliphatic rings. The number of anilines is 1. The van der Waals surface area contributed by atoms with Gasteiger partial charge in [0.1, 0.15) is 16.5 Å². The topological polar surface area (TPSA) is 149 Å². The number of primary sulfonamides is 1. The van der Waals surface area contributed by atoms with Gasteiger partial charge in [0, 0.05) is 5.69 Å². The standard InChI is InChI=1S/C22H17N3O6S2/c1-30-19-12-14(4-9-18(19)31-22(27)20-3-2-10-32-20)11-15(13-23)21(26)25-16-5-7-17(8-6-16)33(24,28)29/h2-12H,1H3,(H,25,26)(H2,24,28,29)/b15-11+. The summed E-state index contributed by atoms with van der Waals surface area (Å²) >= 11 is 1.24. The van der Waals surface area contributed by atoms with Crippen LogP contribution in [-0.4, -0.2) is 27.4 Å². The van der Waals surface area contributed by atoms with Crippen LogP contribution in [-0.2, 0) is 14.8 Å². The quantitative estimate of drug-likeness (QED) is 0.227. The number of hydrogen-bond donors (Lipinski definition) is 2. The van der Waals surface area contributed by atoms with Gasteiger partial charge in [0.15, 0.2) is 11.5 Å². The number of amides is 1. The molecule has 0 atom stereocenters. The van der Waals surface area contributed by atoms with E-state index < -0.39 is 21.9 Å². The van der Waals surface area contributed by atoms with Crippen LogP contribution >= 0.6 is 11.3 Å². The summed E-state index contributed by atoms with van der Waals surface area (Å²) in [6, 6.07) is 14.9. The molecule has 9 nitrogen and oxygen atoms in total. The number of rotatable bonds is 7. The van der Waals surface area contributed by atoms with Crippen molar-refractivity contribution in [1.82, 2.24) is 0 Å². The maximum absolute atomic E-state index is 12.5. The lowest BCUT2D eigenvalue weighted by molar-refractivity contribution is -0.112. The summed E-state index contributed by atoms with van der Waals surface area (Å²) < 4.78 is 33.3. The molecule has 168 valence electrons. The Hall–Kier alpha value is -3.98. The van der Waals surface area contributed by atoms with E-state index >= 15 is 0 Å². The minimum absolute atomic E-state index is 0.108. The van der Waals surface area contributed by atoms with Gasteiger partial charge in [0.05, 0.1) is 12.0 Å². The highest BCUT2D eigenvalue weighted by Gasteiger charge is 2.15. The van der Waals surface area contributed by atoms with E-state index in [1.807, 2.05) is 6.07 Å². The van der Waals surface area contributed by atoms with Gasteiger partial charge in [0.25, 0.3) is 5.91 Å². The molecule has 0 spiro atoms. The Bertz CT molecular complexity index is 1360. The number of carbonyl (C=O) groups is 2. The van der Waals surface area contributed by atoms with Crippen LogP contribution in [0.1, 0.15) is 15.2 Å². The van der Waals surface area contributed by atoms with Crippen LogP contribution in [0.3, 0.4) is 0 Å². The van der Waals surface area contributed by atoms with Crippen molar-refractivity contribution in [3.63, 3.8) is 0 Å². The van der Waals surface area contributed by atoms with Gasteiger partial charge >= 0.3 is 5.97 Å². The summed E-state index contributed by atoms with van der Waals surface area (Å²) in [5.41, 5.74) is 0.525. The van der Waals surface area contributed by atoms with E-state index in [1.165, 1.54) is 60.9 Å². The van der Waals surface area contributed by atoms with Crippen molar-refractivity contribution < 1.29 is 27.5 Å². The molecule has 1 heterocycles. The van der Waals surface area contributed by atoms with Gasteiger partial charge in [-0.15, -0.1) is 11.3 Å². The molecular weight excluding hydrogens is 466 g/mol. The Kier molecular flexibility index (Phi) is 7.24. The molecule has 1 aromatic heterocycles. The molecule has 0 unspecified atom stereocenters. The number of hydrogen-bond acceptors (Lipinski definition) is 8. The SMILES string of the molecule is COc1cc(/C=C(\C#N)C(=O)Nc2ccc(S(N)(=O)=O)cc2)ccc1OC(=O)c1cccs1. The number of ether oxygens (including phenoxy) is 2. The molecule has 0 saturated heterocycles. The van der Waals surface area contributed by atoms with Crippen LogP contribution in [0.5, 0.6) is 11.5 Å². The number of nitrogens with zero attached hydrogens (tertiary/aromatic N) is 1. The molecular formula is C22H17N3O6S2. The molecule has 3 N–H and O–H groups in total. The van der Waals surface area contributed by atoms with E-state index in [1.54, 1.807) is 23.6 Å². The smallest absolute Gasteiger partial charge is 0.353 e. The molecule has 0 aliphatic carbocycles. The van der Waals surface area contributed by atoms with Crippen LogP contribution in [0.2, 0.25) is 0 Å². The number of benzene rings is 2. The van der Waals surface area contributed by atoms with Gasteiger partial charge in [-0.1, -0.05) is 12.1 Å². The molecule has 0 radical (unpaired) electrons. The van der Waals surface area contributed by atoms with E-state index in [9.17, 15) is 23.3 Å². The molecule has 3 rings (SSSR count). The van der Waals surface area contributed by atoms with E-state index in [0.717, 1.165) is 0 Å². The summed E-state index contributed by atoms with van der Waals surface area (Å²) in [6.07, 6.45) is 1.33. The first-order chi connectivity index (χ1) is 15.7. The lowest BCUT2D eigenvalue weighted by atomic mass is 10.1. The lowest BCUT2D eigenvalue weighted by Gasteiger charge is -2.10. The van der Waals surface area contributed by atoms with E-state index in [-0.39, 0.29) is 27.7 Å². The molecule has 33 heavy (non-hydrogen) atoms. The maximum atomic E-state index is 12.5. The van der Waals surface area contributed by atoms with Crippen LogP contribution in [0.25, 0.3) is 6.08 Å². The Morgan fingerprint density at radius 3 is 2.42 bits per heavy atom. The number of carbonyl (C=O) groups excluding carboxylic acids is 2. The summed E-state index contributed by atoms with van der Waals surface area (Å²) in [4.78, 5) is 25.0. The summed E-state index contributed by atoms with van der Waals surface area (Å²) in [5.74, 6) is -0.805. The minimum Gasteiger partial charge on any atom is -0.493 e. The Morgan fingerprint density at radius 1 is 1.12 bits per heavy atom. The first-order valence-corrected chi connectivity index (χ1v) is 11.6. The zero-order valence-electron chi connectivity index (χ0n) is 17.1. The highest BCUT2D eigenvalue weighted by atomic mass is 32.2. The number of methoxy groups -OCH3 is 1. The Labute approximate surface area is 193 Å². The summed E-state index contributed by atoms with van der Waals surface area (Å²) in [7, 11) is -2.46. The largest absolute Gasteiger partial charge is 0.493 e. The number of sulfonamides is 1. The maximum Gasteiger partial charge on any atom is 0.353 e. The van der Waals surface area contributed by atoms with Crippen LogP contribution in [0.15, 0.2) is 70.4 Å². The first kappa shape index (κ1) is 23.7. The Balaban J connectivity index is 1.77. The number of nitrogens with one attached hydrogen (secondary N) is 1. The van der Waals surface area contributed by atoms with E-state index in [2.05, 4.69) is 5.32 Å². The number of nitrogens with two attached hydrogens (primary N) is 1. The van der Waals surface area contributed by atoms with Crippen molar-refractivity contribution in [3.05, 3.63) is 76.0 Å². The normalized spacial score (nSPS) is 11.4. The number of nitriles is 1. The molecule has 3 aromatic rings. The van der Waals surface area contributed by atoms with Crippen LogP contribution in [0, 0.1) is 11.3 Å². The van der Waals surface area contributed by atoms with Gasteiger partial charge in [-0.2, -0.15) is 5.26 Å². The molecule has 0 aliphatic heterocycles. The molecule has 1 amide bonds.